The molecule has 0 unspecified atom stereocenters. The number of rotatable bonds is 5. The second-order valence-corrected chi connectivity index (χ2v) is 4.19. The molecule has 5 heteroatoms. The van der Waals surface area contributed by atoms with Crippen molar-refractivity contribution in [1.29, 1.82) is 0 Å². The van der Waals surface area contributed by atoms with Crippen LogP contribution < -0.4 is 4.74 Å². The summed E-state index contributed by atoms with van der Waals surface area (Å²) in [7, 11) is 1.58. The van der Waals surface area contributed by atoms with Crippen LogP contribution in [0.2, 0.25) is 0 Å². The Balaban J connectivity index is 2.35. The number of carbonyl (C=O) groups is 1. The van der Waals surface area contributed by atoms with Crippen molar-refractivity contribution in [3.63, 3.8) is 0 Å². The highest BCUT2D eigenvalue weighted by atomic mass is 16.5. The summed E-state index contributed by atoms with van der Waals surface area (Å²) >= 11 is 0. The summed E-state index contributed by atoms with van der Waals surface area (Å²) in [5, 5.41) is 3.50. The van der Waals surface area contributed by atoms with Crippen LogP contribution in [0.1, 0.15) is 15.9 Å². The molecule has 0 heterocycles. The maximum absolute atomic E-state index is 12.3. The minimum atomic E-state index is -0.316. The van der Waals surface area contributed by atoms with Gasteiger partial charge in [0.2, 0.25) is 0 Å². The first-order valence-electron chi connectivity index (χ1n) is 6.25. The molecule has 0 bridgehead atoms. The van der Waals surface area contributed by atoms with Crippen LogP contribution >= 0.6 is 0 Å². The third kappa shape index (κ3) is 3.72. The molecule has 0 aliphatic carbocycles. The molecule has 0 saturated carbocycles. The third-order valence-corrected chi connectivity index (χ3v) is 2.84. The molecule has 0 aliphatic rings. The standard InChI is InChI=1S/C16H13N3O2/c1-21-14-9-7-12(8-10-14)11-15(18-19-17)16(20)13-5-3-2-4-6-13/h2-11H,1H3. The Hall–Kier alpha value is -3.04. The van der Waals surface area contributed by atoms with Gasteiger partial charge in [-0.3, -0.25) is 4.79 Å². The topological polar surface area (TPSA) is 75.1 Å². The van der Waals surface area contributed by atoms with Crippen molar-refractivity contribution in [3.8, 4) is 5.75 Å². The number of azide groups is 1. The van der Waals surface area contributed by atoms with Crippen molar-refractivity contribution in [2.75, 3.05) is 7.11 Å². The number of carbonyl (C=O) groups excluding carboxylic acids is 1. The molecule has 5 nitrogen and oxygen atoms in total. The van der Waals surface area contributed by atoms with Crippen LogP contribution in [0.4, 0.5) is 0 Å². The Bertz CT molecular complexity index is 700. The lowest BCUT2D eigenvalue weighted by Gasteiger charge is -2.02. The van der Waals surface area contributed by atoms with Crippen LogP contribution in [-0.2, 0) is 0 Å². The summed E-state index contributed by atoms with van der Waals surface area (Å²) in [5.74, 6) is 0.399. The van der Waals surface area contributed by atoms with Crippen LogP contribution in [0.25, 0.3) is 16.5 Å². The fourth-order valence-corrected chi connectivity index (χ4v) is 1.78. The predicted octanol–water partition coefficient (Wildman–Crippen LogP) is 4.23. The zero-order valence-corrected chi connectivity index (χ0v) is 11.4. The third-order valence-electron chi connectivity index (χ3n) is 2.84. The van der Waals surface area contributed by atoms with Crippen LogP contribution in [0.15, 0.2) is 65.4 Å². The van der Waals surface area contributed by atoms with E-state index >= 15 is 0 Å². The molecular weight excluding hydrogens is 266 g/mol. The van der Waals surface area contributed by atoms with Crippen molar-refractivity contribution < 1.29 is 9.53 Å². The zero-order valence-electron chi connectivity index (χ0n) is 11.4. The summed E-state index contributed by atoms with van der Waals surface area (Å²) in [6, 6.07) is 15.8. The number of benzene rings is 2. The molecule has 104 valence electrons. The molecule has 2 aromatic rings. The van der Waals surface area contributed by atoms with E-state index in [4.69, 9.17) is 10.3 Å². The molecule has 0 fully saturated rings. The largest absolute Gasteiger partial charge is 0.497 e. The highest BCUT2D eigenvalue weighted by Crippen LogP contribution is 2.17. The number of hydrogen-bond donors (Lipinski definition) is 0. The van der Waals surface area contributed by atoms with Gasteiger partial charge in [-0.15, -0.1) is 0 Å². The van der Waals surface area contributed by atoms with E-state index in [0.717, 1.165) is 5.56 Å². The molecule has 0 atom stereocenters. The van der Waals surface area contributed by atoms with Crippen LogP contribution in [0.3, 0.4) is 0 Å². The van der Waals surface area contributed by atoms with Crippen molar-refractivity contribution in [3.05, 3.63) is 81.9 Å². The van der Waals surface area contributed by atoms with Gasteiger partial charge in [0.15, 0.2) is 5.78 Å². The first-order valence-corrected chi connectivity index (χ1v) is 6.25. The van der Waals surface area contributed by atoms with Gasteiger partial charge in [0.1, 0.15) is 5.75 Å². The average molecular weight is 279 g/mol. The van der Waals surface area contributed by atoms with Gasteiger partial charge in [-0.05, 0) is 29.3 Å². The molecule has 0 aliphatic heterocycles. The Kier molecular flexibility index (Phi) is 4.75. The number of allylic oxidation sites excluding steroid dienone is 1. The highest BCUT2D eigenvalue weighted by Gasteiger charge is 2.10. The maximum Gasteiger partial charge on any atom is 0.195 e. The highest BCUT2D eigenvalue weighted by molar-refractivity contribution is 6.11. The van der Waals surface area contributed by atoms with E-state index in [1.54, 1.807) is 61.7 Å². The zero-order chi connectivity index (χ0) is 15.1. The Morgan fingerprint density at radius 2 is 1.81 bits per heavy atom. The minimum Gasteiger partial charge on any atom is -0.497 e. The number of Topliss-reactive ketones (excluding diaryl/α,β-unsaturated/α-hetero) is 1. The SMILES string of the molecule is COc1ccc(C=C(N=[N+]=[N-])C(=O)c2ccccc2)cc1. The predicted molar refractivity (Wildman–Crippen MR) is 80.9 cm³/mol. The monoisotopic (exact) mass is 279 g/mol. The number of methoxy groups -OCH3 is 1. The average Bonchev–Trinajstić information content (AvgIpc) is 2.55. The Morgan fingerprint density at radius 3 is 2.38 bits per heavy atom. The lowest BCUT2D eigenvalue weighted by Crippen LogP contribution is -2.00. The van der Waals surface area contributed by atoms with Crippen LogP contribution in [0, 0.1) is 0 Å². The van der Waals surface area contributed by atoms with Crippen molar-refractivity contribution >= 4 is 11.9 Å². The fourth-order valence-electron chi connectivity index (χ4n) is 1.78. The van der Waals surface area contributed by atoms with Gasteiger partial charge < -0.3 is 4.74 Å². The summed E-state index contributed by atoms with van der Waals surface area (Å²) in [4.78, 5) is 15.0. The van der Waals surface area contributed by atoms with E-state index in [1.807, 2.05) is 6.07 Å². The first kappa shape index (κ1) is 14.4. The van der Waals surface area contributed by atoms with E-state index < -0.39 is 0 Å². The van der Waals surface area contributed by atoms with Gasteiger partial charge >= 0.3 is 0 Å². The van der Waals surface area contributed by atoms with Gasteiger partial charge in [-0.1, -0.05) is 47.6 Å². The first-order chi connectivity index (χ1) is 10.2. The van der Waals surface area contributed by atoms with Crippen molar-refractivity contribution in [1.82, 2.24) is 0 Å². The minimum absolute atomic E-state index is 0.0499. The van der Waals surface area contributed by atoms with Gasteiger partial charge in [-0.2, -0.15) is 0 Å². The molecule has 0 saturated heterocycles. The summed E-state index contributed by atoms with van der Waals surface area (Å²) in [5.41, 5.74) is 9.92. The van der Waals surface area contributed by atoms with E-state index in [-0.39, 0.29) is 11.5 Å². The van der Waals surface area contributed by atoms with Gasteiger partial charge in [0.25, 0.3) is 0 Å². The Labute approximate surface area is 122 Å². The molecule has 0 spiro atoms. The number of ketones is 1. The molecule has 0 radical (unpaired) electrons. The summed E-state index contributed by atoms with van der Waals surface area (Å²) in [6.45, 7) is 0. The molecule has 0 aromatic heterocycles. The van der Waals surface area contributed by atoms with Gasteiger partial charge in [0.05, 0.1) is 12.8 Å². The summed E-state index contributed by atoms with van der Waals surface area (Å²) < 4.78 is 5.07. The quantitative estimate of drug-likeness (QED) is 0.270. The van der Waals surface area contributed by atoms with Gasteiger partial charge in [0, 0.05) is 10.5 Å². The van der Waals surface area contributed by atoms with Crippen LogP contribution in [0.5, 0.6) is 5.75 Å². The van der Waals surface area contributed by atoms with Crippen molar-refractivity contribution in [2.24, 2.45) is 5.11 Å². The molecule has 2 aromatic carbocycles. The molecule has 0 N–H and O–H groups in total. The molecular formula is C16H13N3O2. The second-order valence-electron chi connectivity index (χ2n) is 4.19. The van der Waals surface area contributed by atoms with E-state index in [1.165, 1.54) is 0 Å². The smallest absolute Gasteiger partial charge is 0.195 e. The molecule has 2 rings (SSSR count). The second kappa shape index (κ2) is 6.93. The summed E-state index contributed by atoms with van der Waals surface area (Å²) in [6.07, 6.45) is 1.55. The van der Waals surface area contributed by atoms with E-state index in [0.29, 0.717) is 11.3 Å². The lowest BCUT2D eigenvalue weighted by molar-refractivity contribution is 0.103. The van der Waals surface area contributed by atoms with E-state index in [9.17, 15) is 4.79 Å². The molecule has 21 heavy (non-hydrogen) atoms. The van der Waals surface area contributed by atoms with Crippen LogP contribution in [-0.4, -0.2) is 12.9 Å². The van der Waals surface area contributed by atoms with Crippen molar-refractivity contribution in [2.45, 2.75) is 0 Å². The number of ether oxygens (including phenoxy) is 1. The van der Waals surface area contributed by atoms with E-state index in [2.05, 4.69) is 10.0 Å². The number of hydrogen-bond acceptors (Lipinski definition) is 3. The Morgan fingerprint density at radius 1 is 1.14 bits per heavy atom. The fraction of sp³-hybridized carbons (Fsp3) is 0.0625. The molecule has 0 amide bonds. The lowest BCUT2D eigenvalue weighted by atomic mass is 10.1. The van der Waals surface area contributed by atoms with Gasteiger partial charge in [-0.25, -0.2) is 0 Å². The maximum atomic E-state index is 12.3. The normalized spacial score (nSPS) is 10.6. The number of nitrogens with zero attached hydrogens (tertiary/aromatic N) is 3.